The third kappa shape index (κ3) is 1.63. The Kier molecular flexibility index (Phi) is 3.32. The van der Waals surface area contributed by atoms with E-state index in [4.69, 9.17) is 5.73 Å². The number of fused-ring (bicyclic) bond motifs is 1. The van der Waals surface area contributed by atoms with Crippen molar-refractivity contribution in [2.45, 2.75) is 32.6 Å². The zero-order chi connectivity index (χ0) is 14.0. The molecule has 0 saturated carbocycles. The zero-order valence-electron chi connectivity index (χ0n) is 11.0. The van der Waals surface area contributed by atoms with Gasteiger partial charge in [-0.15, -0.1) is 0 Å². The third-order valence-corrected chi connectivity index (χ3v) is 4.41. The molecule has 2 unspecified atom stereocenters. The summed E-state index contributed by atoms with van der Waals surface area (Å²) in [7, 11) is 0. The van der Waals surface area contributed by atoms with E-state index in [-0.39, 0.29) is 17.5 Å². The number of nitrogens with zero attached hydrogens (tertiary/aromatic N) is 3. The second kappa shape index (κ2) is 4.79. The monoisotopic (exact) mass is 252 g/mol. The van der Waals surface area contributed by atoms with Crippen molar-refractivity contribution in [2.75, 3.05) is 0 Å². The van der Waals surface area contributed by atoms with Gasteiger partial charge in [0.05, 0.1) is 23.4 Å². The van der Waals surface area contributed by atoms with Crippen molar-refractivity contribution >= 4 is 0 Å². The van der Waals surface area contributed by atoms with Gasteiger partial charge in [0.1, 0.15) is 6.07 Å². The third-order valence-electron chi connectivity index (χ3n) is 4.41. The summed E-state index contributed by atoms with van der Waals surface area (Å²) in [5.74, 6) is -0.00819. The predicted molar refractivity (Wildman–Crippen MR) is 69.7 cm³/mol. The zero-order valence-corrected chi connectivity index (χ0v) is 11.0. The molecule has 4 nitrogen and oxygen atoms in total. The van der Waals surface area contributed by atoms with E-state index < -0.39 is 5.41 Å². The molecule has 0 aromatic carbocycles. The summed E-state index contributed by atoms with van der Waals surface area (Å²) in [5.41, 5.74) is 6.15. The maximum absolute atomic E-state index is 9.50. The lowest BCUT2D eigenvalue weighted by Crippen LogP contribution is -2.43. The van der Waals surface area contributed by atoms with Gasteiger partial charge in [0, 0.05) is 5.92 Å². The molecule has 0 radical (unpaired) electrons. The van der Waals surface area contributed by atoms with Crippen LogP contribution in [0.5, 0.6) is 0 Å². The van der Waals surface area contributed by atoms with Crippen LogP contribution in [0.3, 0.4) is 0 Å². The van der Waals surface area contributed by atoms with Gasteiger partial charge in [-0.2, -0.15) is 15.8 Å². The number of hydrogen-bond donors (Lipinski definition) is 1. The summed E-state index contributed by atoms with van der Waals surface area (Å²) in [6, 6.07) is 6.29. The van der Waals surface area contributed by atoms with Crippen molar-refractivity contribution in [3.05, 3.63) is 22.9 Å². The molecule has 4 heteroatoms. The molecule has 0 aromatic rings. The molecule has 96 valence electrons. The van der Waals surface area contributed by atoms with Crippen molar-refractivity contribution in [3.63, 3.8) is 0 Å². The molecule has 2 aliphatic carbocycles. The average Bonchev–Trinajstić information content (AvgIpc) is 2.46. The first kappa shape index (κ1) is 13.2. The van der Waals surface area contributed by atoms with Gasteiger partial charge in [-0.1, -0.05) is 13.0 Å². The minimum Gasteiger partial charge on any atom is -0.399 e. The summed E-state index contributed by atoms with van der Waals surface area (Å²) in [6.45, 7) is 1.98. The highest BCUT2D eigenvalue weighted by Gasteiger charge is 2.51. The molecule has 2 rings (SSSR count). The Bertz CT molecular complexity index is 563. The molecular formula is C15H16N4. The van der Waals surface area contributed by atoms with E-state index in [1.807, 2.05) is 6.92 Å². The molecule has 2 atom stereocenters. The Labute approximate surface area is 113 Å². The maximum Gasteiger partial charge on any atom is 0.187 e. The van der Waals surface area contributed by atoms with Gasteiger partial charge in [0.2, 0.25) is 0 Å². The fourth-order valence-corrected chi connectivity index (χ4v) is 3.49. The molecule has 0 bridgehead atoms. The van der Waals surface area contributed by atoms with E-state index in [0.29, 0.717) is 12.0 Å². The molecule has 0 aromatic heterocycles. The Balaban J connectivity index is 2.74. The topological polar surface area (TPSA) is 97.4 Å². The van der Waals surface area contributed by atoms with Crippen LogP contribution in [-0.2, 0) is 0 Å². The predicted octanol–water partition coefficient (Wildman–Crippen LogP) is 2.52. The van der Waals surface area contributed by atoms with E-state index in [0.717, 1.165) is 24.8 Å². The van der Waals surface area contributed by atoms with E-state index in [1.165, 1.54) is 0 Å². The average molecular weight is 252 g/mol. The first-order valence-corrected chi connectivity index (χ1v) is 6.59. The quantitative estimate of drug-likeness (QED) is 0.775. The minimum absolute atomic E-state index is 0.111. The summed E-state index contributed by atoms with van der Waals surface area (Å²) in [5, 5.41) is 28.3. The molecule has 0 aliphatic heterocycles. The number of allylic oxidation sites excluding steroid dienone is 4. The fourth-order valence-electron chi connectivity index (χ4n) is 3.49. The van der Waals surface area contributed by atoms with Crippen LogP contribution >= 0.6 is 0 Å². The van der Waals surface area contributed by atoms with Crippen LogP contribution in [0, 0.1) is 51.2 Å². The molecule has 2 aliphatic rings. The lowest BCUT2D eigenvalue weighted by atomic mass is 9.58. The van der Waals surface area contributed by atoms with Crippen molar-refractivity contribution in [1.29, 1.82) is 15.8 Å². The summed E-state index contributed by atoms with van der Waals surface area (Å²) < 4.78 is 0. The smallest absolute Gasteiger partial charge is 0.187 e. The summed E-state index contributed by atoms with van der Waals surface area (Å²) >= 11 is 0. The van der Waals surface area contributed by atoms with Crippen LogP contribution in [0.2, 0.25) is 0 Å². The highest BCUT2D eigenvalue weighted by Crippen LogP contribution is 2.52. The maximum atomic E-state index is 9.50. The van der Waals surface area contributed by atoms with E-state index >= 15 is 0 Å². The van der Waals surface area contributed by atoms with Crippen LogP contribution < -0.4 is 5.73 Å². The molecule has 19 heavy (non-hydrogen) atoms. The Morgan fingerprint density at radius 1 is 1.37 bits per heavy atom. The number of nitriles is 3. The van der Waals surface area contributed by atoms with Gasteiger partial charge in [-0.3, -0.25) is 0 Å². The van der Waals surface area contributed by atoms with E-state index in [9.17, 15) is 15.8 Å². The van der Waals surface area contributed by atoms with Crippen molar-refractivity contribution < 1.29 is 0 Å². The molecule has 0 saturated heterocycles. The molecular weight excluding hydrogens is 236 g/mol. The largest absolute Gasteiger partial charge is 0.399 e. The second-order valence-electron chi connectivity index (χ2n) is 5.14. The van der Waals surface area contributed by atoms with Crippen molar-refractivity contribution in [2.24, 2.45) is 23.0 Å². The number of nitrogens with two attached hydrogens (primary N) is 1. The van der Waals surface area contributed by atoms with Gasteiger partial charge in [0.15, 0.2) is 5.41 Å². The Hall–Kier alpha value is -2.25. The SMILES string of the molecule is CCC1C2CCCC=C2C(C#N)=C(N)C1(C#N)C#N. The highest BCUT2D eigenvalue weighted by atomic mass is 14.7. The van der Waals surface area contributed by atoms with Gasteiger partial charge >= 0.3 is 0 Å². The van der Waals surface area contributed by atoms with Gasteiger partial charge in [0.25, 0.3) is 0 Å². The van der Waals surface area contributed by atoms with Gasteiger partial charge in [-0.25, -0.2) is 0 Å². The van der Waals surface area contributed by atoms with Crippen LogP contribution in [0.25, 0.3) is 0 Å². The second-order valence-corrected chi connectivity index (χ2v) is 5.14. The van der Waals surface area contributed by atoms with Crippen molar-refractivity contribution in [3.8, 4) is 18.2 Å². The van der Waals surface area contributed by atoms with E-state index in [1.54, 1.807) is 0 Å². The molecule has 0 spiro atoms. The van der Waals surface area contributed by atoms with Crippen LogP contribution in [0.1, 0.15) is 32.6 Å². The first-order valence-electron chi connectivity index (χ1n) is 6.59. The standard InChI is InChI=1S/C15H16N4/c1-2-13-11-6-4-3-5-10(11)12(7-16)14(19)15(13,8-17)9-18/h5,11,13H,2-4,6,19H2,1H3. The highest BCUT2D eigenvalue weighted by molar-refractivity contribution is 5.56. The van der Waals surface area contributed by atoms with E-state index in [2.05, 4.69) is 24.3 Å². The number of rotatable bonds is 1. The first-order chi connectivity index (χ1) is 9.16. The van der Waals surface area contributed by atoms with Crippen molar-refractivity contribution in [1.82, 2.24) is 0 Å². The molecule has 2 N–H and O–H groups in total. The van der Waals surface area contributed by atoms with Gasteiger partial charge < -0.3 is 5.73 Å². The van der Waals surface area contributed by atoms with Crippen LogP contribution in [0.15, 0.2) is 22.9 Å². The lowest BCUT2D eigenvalue weighted by molar-refractivity contribution is 0.228. The normalized spacial score (nSPS) is 28.4. The minimum atomic E-state index is -1.35. The number of hydrogen-bond acceptors (Lipinski definition) is 4. The lowest BCUT2D eigenvalue weighted by Gasteiger charge is -2.42. The summed E-state index contributed by atoms with van der Waals surface area (Å²) in [4.78, 5) is 0. The Morgan fingerprint density at radius 3 is 2.58 bits per heavy atom. The summed E-state index contributed by atoms with van der Waals surface area (Å²) in [6.07, 6.45) is 5.67. The molecule has 0 amide bonds. The molecule has 0 fully saturated rings. The van der Waals surface area contributed by atoms with Gasteiger partial charge in [-0.05, 0) is 37.2 Å². The van der Waals surface area contributed by atoms with Crippen LogP contribution in [-0.4, -0.2) is 0 Å². The molecule has 0 heterocycles. The fraction of sp³-hybridized carbons (Fsp3) is 0.533. The Morgan fingerprint density at radius 2 is 2.05 bits per heavy atom. The van der Waals surface area contributed by atoms with Crippen LogP contribution in [0.4, 0.5) is 0 Å².